The van der Waals surface area contributed by atoms with Gasteiger partial charge >= 0.3 is 0 Å². The standard InChI is InChI=1S/C17H15N7O/c1-10-4-3-5-13(20-10)16-15(22-17(23-16)21-11(2)25)12-6-7-14-18-9-19-24(14)8-12/h3-9H,1-2H3,(H2,21,22,23,25). The van der Waals surface area contributed by atoms with E-state index >= 15 is 0 Å². The lowest BCUT2D eigenvalue weighted by Gasteiger charge is -2.04. The van der Waals surface area contributed by atoms with Crippen LogP contribution in [0.3, 0.4) is 0 Å². The number of pyridine rings is 2. The van der Waals surface area contributed by atoms with Crippen LogP contribution < -0.4 is 5.32 Å². The van der Waals surface area contributed by atoms with Crippen molar-refractivity contribution in [3.05, 3.63) is 48.5 Å². The Morgan fingerprint density at radius 1 is 1.20 bits per heavy atom. The van der Waals surface area contributed by atoms with Crippen molar-refractivity contribution in [2.45, 2.75) is 13.8 Å². The number of fused-ring (bicyclic) bond motifs is 1. The van der Waals surface area contributed by atoms with Crippen molar-refractivity contribution < 1.29 is 4.79 Å². The number of nitrogens with one attached hydrogen (secondary N) is 2. The second-order valence-electron chi connectivity index (χ2n) is 5.63. The molecule has 25 heavy (non-hydrogen) atoms. The van der Waals surface area contributed by atoms with Gasteiger partial charge in [-0.25, -0.2) is 14.5 Å². The maximum atomic E-state index is 11.4. The van der Waals surface area contributed by atoms with Gasteiger partial charge in [0.05, 0.1) is 11.4 Å². The molecule has 124 valence electrons. The number of aromatic amines is 1. The lowest BCUT2D eigenvalue weighted by Crippen LogP contribution is -2.07. The number of amides is 1. The van der Waals surface area contributed by atoms with Crippen LogP contribution in [0.4, 0.5) is 5.95 Å². The number of rotatable bonds is 3. The van der Waals surface area contributed by atoms with Crippen molar-refractivity contribution in [3.8, 4) is 22.6 Å². The van der Waals surface area contributed by atoms with Gasteiger partial charge in [-0.15, -0.1) is 0 Å². The first-order valence-corrected chi connectivity index (χ1v) is 7.71. The number of H-pyrrole nitrogens is 1. The Kier molecular flexibility index (Phi) is 3.50. The minimum atomic E-state index is -0.198. The highest BCUT2D eigenvalue weighted by Gasteiger charge is 2.16. The van der Waals surface area contributed by atoms with E-state index in [0.29, 0.717) is 11.6 Å². The van der Waals surface area contributed by atoms with Gasteiger partial charge in [0.2, 0.25) is 11.9 Å². The van der Waals surface area contributed by atoms with Gasteiger partial charge < -0.3 is 4.98 Å². The predicted octanol–water partition coefficient (Wildman–Crippen LogP) is 2.45. The lowest BCUT2D eigenvalue weighted by molar-refractivity contribution is -0.114. The van der Waals surface area contributed by atoms with Crippen LogP contribution in [0, 0.1) is 6.92 Å². The van der Waals surface area contributed by atoms with Crippen molar-refractivity contribution in [1.82, 2.24) is 29.5 Å². The van der Waals surface area contributed by atoms with Crippen molar-refractivity contribution in [3.63, 3.8) is 0 Å². The Labute approximate surface area is 143 Å². The number of nitrogens with zero attached hydrogens (tertiary/aromatic N) is 5. The first kappa shape index (κ1) is 15.0. The fraction of sp³-hybridized carbons (Fsp3) is 0.118. The van der Waals surface area contributed by atoms with E-state index in [0.717, 1.165) is 28.3 Å². The lowest BCUT2D eigenvalue weighted by atomic mass is 10.1. The molecule has 0 saturated carbocycles. The summed E-state index contributed by atoms with van der Waals surface area (Å²) in [6, 6.07) is 9.53. The SMILES string of the molecule is CC(=O)Nc1nc(-c2ccc3ncnn3c2)c(-c2cccc(C)n2)[nH]1. The van der Waals surface area contributed by atoms with E-state index in [-0.39, 0.29) is 5.91 Å². The van der Waals surface area contributed by atoms with Crippen LogP contribution in [0.1, 0.15) is 12.6 Å². The number of aryl methyl sites for hydroxylation is 1. The van der Waals surface area contributed by atoms with Crippen LogP contribution in [0.5, 0.6) is 0 Å². The van der Waals surface area contributed by atoms with Gasteiger partial charge in [-0.3, -0.25) is 15.1 Å². The third kappa shape index (κ3) is 2.85. The third-order valence-corrected chi connectivity index (χ3v) is 3.69. The van der Waals surface area contributed by atoms with Crippen LogP contribution >= 0.6 is 0 Å². The molecule has 1 amide bonds. The van der Waals surface area contributed by atoms with Gasteiger partial charge in [0.1, 0.15) is 12.0 Å². The minimum absolute atomic E-state index is 0.198. The quantitative estimate of drug-likeness (QED) is 0.600. The third-order valence-electron chi connectivity index (χ3n) is 3.69. The zero-order chi connectivity index (χ0) is 17.4. The molecule has 0 aromatic carbocycles. The molecule has 0 radical (unpaired) electrons. The number of aromatic nitrogens is 6. The van der Waals surface area contributed by atoms with E-state index < -0.39 is 0 Å². The maximum absolute atomic E-state index is 11.4. The van der Waals surface area contributed by atoms with E-state index in [9.17, 15) is 4.79 Å². The second kappa shape index (κ2) is 5.82. The summed E-state index contributed by atoms with van der Waals surface area (Å²) in [6.07, 6.45) is 3.34. The largest absolute Gasteiger partial charge is 0.322 e. The van der Waals surface area contributed by atoms with Crippen LogP contribution in [0.25, 0.3) is 28.3 Å². The number of carbonyl (C=O) groups excluding carboxylic acids is 1. The van der Waals surface area contributed by atoms with Crippen LogP contribution in [0.2, 0.25) is 0 Å². The molecular weight excluding hydrogens is 318 g/mol. The molecule has 0 aliphatic heterocycles. The molecule has 0 fully saturated rings. The smallest absolute Gasteiger partial charge is 0.223 e. The average Bonchev–Trinajstić information content (AvgIpc) is 3.20. The molecule has 0 spiro atoms. The molecule has 0 atom stereocenters. The molecule has 2 N–H and O–H groups in total. The predicted molar refractivity (Wildman–Crippen MR) is 92.8 cm³/mol. The molecule has 4 rings (SSSR count). The van der Waals surface area contributed by atoms with Crippen LogP contribution in [-0.4, -0.2) is 35.5 Å². The molecule has 0 aliphatic carbocycles. The summed E-state index contributed by atoms with van der Waals surface area (Å²) in [7, 11) is 0. The summed E-state index contributed by atoms with van der Waals surface area (Å²) in [6.45, 7) is 3.37. The highest BCUT2D eigenvalue weighted by molar-refractivity contribution is 5.88. The number of hydrogen-bond acceptors (Lipinski definition) is 5. The average molecular weight is 333 g/mol. The summed E-state index contributed by atoms with van der Waals surface area (Å²) < 4.78 is 1.68. The summed E-state index contributed by atoms with van der Waals surface area (Å²) in [4.78, 5) is 27.8. The Morgan fingerprint density at radius 2 is 2.08 bits per heavy atom. The van der Waals surface area contributed by atoms with E-state index in [1.807, 2.05) is 43.5 Å². The molecule has 0 aliphatic rings. The first-order chi connectivity index (χ1) is 12.1. The van der Waals surface area contributed by atoms with Crippen LogP contribution in [-0.2, 0) is 4.79 Å². The topological polar surface area (TPSA) is 101 Å². The van der Waals surface area contributed by atoms with Crippen molar-refractivity contribution in [1.29, 1.82) is 0 Å². The zero-order valence-electron chi connectivity index (χ0n) is 13.7. The summed E-state index contributed by atoms with van der Waals surface area (Å²) in [5.74, 6) is 0.176. The van der Waals surface area contributed by atoms with Gasteiger partial charge in [-0.1, -0.05) is 6.07 Å². The van der Waals surface area contributed by atoms with Crippen molar-refractivity contribution >= 4 is 17.5 Å². The van der Waals surface area contributed by atoms with Gasteiger partial charge in [-0.2, -0.15) is 5.10 Å². The minimum Gasteiger partial charge on any atom is -0.322 e. The molecule has 4 aromatic heterocycles. The summed E-state index contributed by atoms with van der Waals surface area (Å²) in [5.41, 5.74) is 4.63. The van der Waals surface area contributed by atoms with Gasteiger partial charge in [-0.05, 0) is 31.2 Å². The molecule has 4 heterocycles. The Bertz CT molecular complexity index is 1080. The first-order valence-electron chi connectivity index (χ1n) is 7.71. The van der Waals surface area contributed by atoms with Gasteiger partial charge in [0.15, 0.2) is 5.65 Å². The van der Waals surface area contributed by atoms with E-state index in [1.165, 1.54) is 13.3 Å². The number of anilines is 1. The molecule has 0 unspecified atom stereocenters. The fourth-order valence-electron chi connectivity index (χ4n) is 2.63. The monoisotopic (exact) mass is 333 g/mol. The normalized spacial score (nSPS) is 11.0. The number of carbonyl (C=O) groups is 1. The van der Waals surface area contributed by atoms with E-state index in [2.05, 4.69) is 30.4 Å². The van der Waals surface area contributed by atoms with Crippen LogP contribution in [0.15, 0.2) is 42.9 Å². The highest BCUT2D eigenvalue weighted by Crippen LogP contribution is 2.30. The van der Waals surface area contributed by atoms with E-state index in [4.69, 9.17) is 0 Å². The number of imidazole rings is 1. The molecule has 8 heteroatoms. The summed E-state index contributed by atoms with van der Waals surface area (Å²) in [5, 5.41) is 6.84. The van der Waals surface area contributed by atoms with Crippen molar-refractivity contribution in [2.24, 2.45) is 0 Å². The zero-order valence-corrected chi connectivity index (χ0v) is 13.7. The maximum Gasteiger partial charge on any atom is 0.223 e. The molecule has 0 bridgehead atoms. The second-order valence-corrected chi connectivity index (χ2v) is 5.63. The van der Waals surface area contributed by atoms with Crippen molar-refractivity contribution in [2.75, 3.05) is 5.32 Å². The Balaban J connectivity index is 1.89. The Hall–Kier alpha value is -3.55. The molecule has 4 aromatic rings. The van der Waals surface area contributed by atoms with Gasteiger partial charge in [0, 0.05) is 24.4 Å². The highest BCUT2D eigenvalue weighted by atomic mass is 16.1. The fourth-order valence-corrected chi connectivity index (χ4v) is 2.63. The number of hydrogen-bond donors (Lipinski definition) is 2. The molecule has 0 saturated heterocycles. The van der Waals surface area contributed by atoms with E-state index in [1.54, 1.807) is 4.52 Å². The Morgan fingerprint density at radius 3 is 2.88 bits per heavy atom. The summed E-state index contributed by atoms with van der Waals surface area (Å²) >= 11 is 0. The van der Waals surface area contributed by atoms with Gasteiger partial charge in [0.25, 0.3) is 0 Å². The molecular formula is C17H15N7O. The molecule has 8 nitrogen and oxygen atoms in total.